The minimum atomic E-state index is -0.592. The molecule has 1 aromatic carbocycles. The molecule has 0 aliphatic carbocycles. The molecule has 0 spiro atoms. The van der Waals surface area contributed by atoms with Crippen LogP contribution < -0.4 is 10.1 Å². The van der Waals surface area contributed by atoms with Gasteiger partial charge in [0.15, 0.2) is 0 Å². The number of amides is 2. The van der Waals surface area contributed by atoms with Gasteiger partial charge in [-0.2, -0.15) is 0 Å². The Balaban J connectivity index is 1.70. The van der Waals surface area contributed by atoms with Crippen molar-refractivity contribution < 1.29 is 24.4 Å². The number of nitrogens with zero attached hydrogens (tertiary/aromatic N) is 3. The van der Waals surface area contributed by atoms with E-state index in [2.05, 4.69) is 10.3 Å². The molecule has 0 unspecified atom stereocenters. The van der Waals surface area contributed by atoms with E-state index in [9.17, 15) is 19.7 Å². The van der Waals surface area contributed by atoms with Crippen molar-refractivity contribution in [3.8, 4) is 11.6 Å². The van der Waals surface area contributed by atoms with Crippen LogP contribution in [0.15, 0.2) is 54.4 Å². The van der Waals surface area contributed by atoms with Crippen molar-refractivity contribution >= 4 is 23.2 Å². The van der Waals surface area contributed by atoms with Crippen LogP contribution in [0.25, 0.3) is 0 Å². The number of imide groups is 1. The van der Waals surface area contributed by atoms with Crippen LogP contribution in [0.3, 0.4) is 0 Å². The van der Waals surface area contributed by atoms with Crippen molar-refractivity contribution in [3.05, 3.63) is 64.5 Å². The summed E-state index contributed by atoms with van der Waals surface area (Å²) in [7, 11) is 0. The van der Waals surface area contributed by atoms with E-state index in [1.807, 2.05) is 0 Å². The van der Waals surface area contributed by atoms with Crippen molar-refractivity contribution in [2.24, 2.45) is 0 Å². The van der Waals surface area contributed by atoms with Crippen molar-refractivity contribution in [1.82, 2.24) is 9.88 Å². The number of carbonyl (C=O) groups excluding carboxylic acids is 2. The van der Waals surface area contributed by atoms with Crippen LogP contribution >= 0.6 is 0 Å². The molecule has 0 saturated heterocycles. The summed E-state index contributed by atoms with van der Waals surface area (Å²) in [6.45, 7) is -0.390. The van der Waals surface area contributed by atoms with Gasteiger partial charge in [0.2, 0.25) is 0 Å². The number of aliphatic hydroxyl groups is 1. The number of aliphatic hydroxyl groups excluding tert-OH is 1. The molecule has 138 valence electrons. The standard InChI is InChI=1S/C17H14N4O6/c22-9-8-20-15(23)10-13(17(20)24)19-11-3-5-12(6-4-11)27-16-14(21(25)26)2-1-7-18-16/h1-7,10,19,22H,8-9H2. The number of aromatic nitrogens is 1. The molecule has 1 aliphatic heterocycles. The first-order valence-corrected chi connectivity index (χ1v) is 7.82. The molecule has 2 N–H and O–H groups in total. The molecule has 0 saturated carbocycles. The number of hydrogen-bond donors (Lipinski definition) is 2. The lowest BCUT2D eigenvalue weighted by Crippen LogP contribution is -2.34. The third-order valence-corrected chi connectivity index (χ3v) is 3.63. The van der Waals surface area contributed by atoms with Crippen LogP contribution in [-0.4, -0.2) is 44.9 Å². The molecule has 2 amide bonds. The number of nitro groups is 1. The first-order valence-electron chi connectivity index (χ1n) is 7.82. The highest BCUT2D eigenvalue weighted by atomic mass is 16.6. The third kappa shape index (κ3) is 3.90. The van der Waals surface area contributed by atoms with Crippen LogP contribution in [0, 0.1) is 10.1 Å². The fourth-order valence-electron chi connectivity index (χ4n) is 2.38. The molecular formula is C17H14N4O6. The number of rotatable bonds is 7. The van der Waals surface area contributed by atoms with Gasteiger partial charge in [-0.1, -0.05) is 0 Å². The van der Waals surface area contributed by atoms with E-state index < -0.39 is 16.7 Å². The quantitative estimate of drug-likeness (QED) is 0.425. The number of carbonyl (C=O) groups is 2. The largest absolute Gasteiger partial charge is 0.434 e. The van der Waals surface area contributed by atoms with Gasteiger partial charge in [-0.15, -0.1) is 0 Å². The lowest BCUT2D eigenvalue weighted by Gasteiger charge is -2.13. The molecule has 10 heteroatoms. The van der Waals surface area contributed by atoms with Gasteiger partial charge in [0.1, 0.15) is 11.4 Å². The summed E-state index contributed by atoms with van der Waals surface area (Å²) in [4.78, 5) is 39.0. The minimum Gasteiger partial charge on any atom is -0.434 e. The number of ether oxygens (including phenoxy) is 1. The Hall–Kier alpha value is -3.79. The van der Waals surface area contributed by atoms with Crippen LogP contribution in [0.4, 0.5) is 11.4 Å². The van der Waals surface area contributed by atoms with E-state index in [4.69, 9.17) is 9.84 Å². The van der Waals surface area contributed by atoms with Gasteiger partial charge in [-0.25, -0.2) is 4.98 Å². The van der Waals surface area contributed by atoms with Crippen molar-refractivity contribution in [1.29, 1.82) is 0 Å². The zero-order valence-electron chi connectivity index (χ0n) is 13.9. The van der Waals surface area contributed by atoms with Crippen LogP contribution in [0.2, 0.25) is 0 Å². The Bertz CT molecular complexity index is 925. The zero-order valence-corrected chi connectivity index (χ0v) is 13.9. The van der Waals surface area contributed by atoms with E-state index in [0.29, 0.717) is 11.4 Å². The Morgan fingerprint density at radius 2 is 1.96 bits per heavy atom. The number of benzene rings is 1. The van der Waals surface area contributed by atoms with Gasteiger partial charge in [0.05, 0.1) is 18.1 Å². The Morgan fingerprint density at radius 3 is 2.63 bits per heavy atom. The monoisotopic (exact) mass is 370 g/mol. The van der Waals surface area contributed by atoms with Gasteiger partial charge < -0.3 is 15.2 Å². The predicted molar refractivity (Wildman–Crippen MR) is 92.9 cm³/mol. The molecule has 1 aromatic heterocycles. The van der Waals surface area contributed by atoms with Gasteiger partial charge in [-0.05, 0) is 30.3 Å². The number of anilines is 1. The first-order chi connectivity index (χ1) is 13.0. The number of hydrogen-bond acceptors (Lipinski definition) is 8. The number of pyridine rings is 1. The second-order valence-electron chi connectivity index (χ2n) is 5.41. The van der Waals surface area contributed by atoms with Crippen molar-refractivity contribution in [2.75, 3.05) is 18.5 Å². The summed E-state index contributed by atoms with van der Waals surface area (Å²) in [6.07, 6.45) is 2.53. The van der Waals surface area contributed by atoms with Gasteiger partial charge in [-0.3, -0.25) is 24.6 Å². The average Bonchev–Trinajstić information content (AvgIpc) is 2.91. The van der Waals surface area contributed by atoms with E-state index in [-0.39, 0.29) is 30.4 Å². The molecule has 1 aliphatic rings. The van der Waals surface area contributed by atoms with Gasteiger partial charge in [0.25, 0.3) is 17.7 Å². The fourth-order valence-corrected chi connectivity index (χ4v) is 2.38. The summed E-state index contributed by atoms with van der Waals surface area (Å²) in [5, 5.41) is 22.7. The highest BCUT2D eigenvalue weighted by molar-refractivity contribution is 6.17. The minimum absolute atomic E-state index is 0.0744. The maximum Gasteiger partial charge on any atom is 0.331 e. The van der Waals surface area contributed by atoms with Crippen molar-refractivity contribution in [3.63, 3.8) is 0 Å². The van der Waals surface area contributed by atoms with Crippen LogP contribution in [-0.2, 0) is 9.59 Å². The highest BCUT2D eigenvalue weighted by Gasteiger charge is 2.30. The van der Waals surface area contributed by atoms with Crippen LogP contribution in [0.5, 0.6) is 11.6 Å². The SMILES string of the molecule is O=C1C=C(Nc2ccc(Oc3ncccc3[N+](=O)[O-])cc2)C(=O)N1CCO. The molecule has 10 nitrogen and oxygen atoms in total. The normalized spacial score (nSPS) is 13.5. The summed E-state index contributed by atoms with van der Waals surface area (Å²) < 4.78 is 5.43. The number of β-amino-alcohol motifs (C(OH)–C–C–N with tert-alkyl or cyclic N) is 1. The van der Waals surface area contributed by atoms with Crippen molar-refractivity contribution in [2.45, 2.75) is 0 Å². The second-order valence-corrected chi connectivity index (χ2v) is 5.41. The average molecular weight is 370 g/mol. The third-order valence-electron chi connectivity index (χ3n) is 3.63. The second kappa shape index (κ2) is 7.62. The fraction of sp³-hybridized carbons (Fsp3) is 0.118. The summed E-state index contributed by atoms with van der Waals surface area (Å²) in [5.41, 5.74) is 0.336. The maximum absolute atomic E-state index is 12.1. The zero-order chi connectivity index (χ0) is 19.4. The molecule has 3 rings (SSSR count). The van der Waals surface area contributed by atoms with Crippen LogP contribution in [0.1, 0.15) is 0 Å². The summed E-state index contributed by atoms with van der Waals surface area (Å²) in [6, 6.07) is 8.95. The molecule has 27 heavy (non-hydrogen) atoms. The highest BCUT2D eigenvalue weighted by Crippen LogP contribution is 2.29. The molecule has 0 atom stereocenters. The molecule has 0 bridgehead atoms. The lowest BCUT2D eigenvalue weighted by atomic mass is 10.3. The van der Waals surface area contributed by atoms with E-state index in [1.165, 1.54) is 30.5 Å². The number of nitrogens with one attached hydrogen (secondary N) is 1. The predicted octanol–water partition coefficient (Wildman–Crippen LogP) is 1.44. The van der Waals surface area contributed by atoms with E-state index >= 15 is 0 Å². The molecule has 0 radical (unpaired) electrons. The van der Waals surface area contributed by atoms with E-state index in [0.717, 1.165) is 11.0 Å². The smallest absolute Gasteiger partial charge is 0.331 e. The Kier molecular flexibility index (Phi) is 5.08. The lowest BCUT2D eigenvalue weighted by molar-refractivity contribution is -0.386. The summed E-state index contributed by atoms with van der Waals surface area (Å²) >= 11 is 0. The first kappa shape index (κ1) is 18.0. The summed E-state index contributed by atoms with van der Waals surface area (Å²) in [5.74, 6) is -0.855. The van der Waals surface area contributed by atoms with Gasteiger partial charge in [0, 0.05) is 24.0 Å². The van der Waals surface area contributed by atoms with Gasteiger partial charge >= 0.3 is 5.69 Å². The molecule has 2 aromatic rings. The Morgan fingerprint density at radius 1 is 1.22 bits per heavy atom. The molecule has 0 fully saturated rings. The van der Waals surface area contributed by atoms with E-state index in [1.54, 1.807) is 12.1 Å². The Labute approximate surface area is 152 Å². The maximum atomic E-state index is 12.1. The molecular weight excluding hydrogens is 356 g/mol. The molecule has 2 heterocycles. The topological polar surface area (TPSA) is 135 Å².